The molecule has 0 bridgehead atoms. The topological polar surface area (TPSA) is 94.7 Å². The van der Waals surface area contributed by atoms with Crippen LogP contribution in [0.1, 0.15) is 47.3 Å². The van der Waals surface area contributed by atoms with Crippen molar-refractivity contribution in [2.45, 2.75) is 32.2 Å². The molecule has 0 unspecified atom stereocenters. The van der Waals surface area contributed by atoms with Crippen LogP contribution in [0.3, 0.4) is 0 Å². The van der Waals surface area contributed by atoms with E-state index in [9.17, 15) is 14.0 Å². The molecule has 4 rings (SSSR count). The number of halogens is 1. The summed E-state index contributed by atoms with van der Waals surface area (Å²) < 4.78 is 13.4. The molecule has 1 amide bonds. The molecule has 0 spiro atoms. The first kappa shape index (κ1) is 16.4. The van der Waals surface area contributed by atoms with Crippen LogP contribution in [0.25, 0.3) is 11.0 Å². The van der Waals surface area contributed by atoms with Crippen molar-refractivity contribution in [3.63, 3.8) is 0 Å². The molecule has 0 saturated carbocycles. The Labute approximate surface area is 148 Å². The molecule has 1 aliphatic heterocycles. The lowest BCUT2D eigenvalue weighted by Gasteiger charge is -2.34. The molecule has 7 nitrogen and oxygen atoms in total. The molecule has 8 heteroatoms. The van der Waals surface area contributed by atoms with Crippen molar-refractivity contribution in [3.8, 4) is 0 Å². The maximum atomic E-state index is 13.4. The molecule has 1 saturated heterocycles. The van der Waals surface area contributed by atoms with E-state index in [4.69, 9.17) is 0 Å². The van der Waals surface area contributed by atoms with Crippen LogP contribution in [-0.4, -0.2) is 37.3 Å². The summed E-state index contributed by atoms with van der Waals surface area (Å²) >= 11 is 0. The Morgan fingerprint density at radius 3 is 2.96 bits per heavy atom. The van der Waals surface area contributed by atoms with Crippen molar-refractivity contribution in [2.24, 2.45) is 0 Å². The van der Waals surface area contributed by atoms with Gasteiger partial charge in [-0.15, -0.1) is 0 Å². The molecule has 2 N–H and O–H groups in total. The number of likely N-dealkylation sites (tertiary alicyclic amines) is 1. The maximum Gasteiger partial charge on any atom is 0.263 e. The summed E-state index contributed by atoms with van der Waals surface area (Å²) in [6.07, 6.45) is 3.85. The van der Waals surface area contributed by atoms with Crippen LogP contribution in [0.5, 0.6) is 0 Å². The molecule has 1 fully saturated rings. The highest BCUT2D eigenvalue weighted by atomic mass is 19.1. The fourth-order valence-electron chi connectivity index (χ4n) is 3.41. The third kappa shape index (κ3) is 2.87. The second-order valence-corrected chi connectivity index (χ2v) is 6.51. The predicted octanol–water partition coefficient (Wildman–Crippen LogP) is 2.46. The number of hydrogen-bond donors (Lipinski definition) is 2. The molecule has 1 atom stereocenters. The monoisotopic (exact) mass is 355 g/mol. The highest BCUT2D eigenvalue weighted by Gasteiger charge is 2.32. The number of aromatic amines is 2. The van der Waals surface area contributed by atoms with E-state index in [2.05, 4.69) is 19.9 Å². The predicted molar refractivity (Wildman–Crippen MR) is 93.3 cm³/mol. The van der Waals surface area contributed by atoms with Crippen LogP contribution >= 0.6 is 0 Å². The van der Waals surface area contributed by atoms with E-state index in [0.717, 1.165) is 19.3 Å². The zero-order chi connectivity index (χ0) is 18.3. The molecule has 26 heavy (non-hydrogen) atoms. The second-order valence-electron chi connectivity index (χ2n) is 6.51. The number of imidazole rings is 1. The molecule has 3 heterocycles. The summed E-state index contributed by atoms with van der Waals surface area (Å²) in [5, 5.41) is 0. The van der Waals surface area contributed by atoms with Gasteiger partial charge in [-0.05, 0) is 44.4 Å². The first-order valence-corrected chi connectivity index (χ1v) is 8.55. The third-order valence-corrected chi connectivity index (χ3v) is 4.70. The number of benzene rings is 1. The summed E-state index contributed by atoms with van der Waals surface area (Å²) in [5.41, 5.74) is 0.810. The summed E-state index contributed by atoms with van der Waals surface area (Å²) in [6.45, 7) is 2.19. The van der Waals surface area contributed by atoms with Crippen LogP contribution in [0.2, 0.25) is 0 Å². The van der Waals surface area contributed by atoms with Crippen molar-refractivity contribution in [1.82, 2.24) is 24.8 Å². The van der Waals surface area contributed by atoms with E-state index < -0.39 is 5.56 Å². The fourth-order valence-corrected chi connectivity index (χ4v) is 3.41. The Morgan fingerprint density at radius 2 is 2.15 bits per heavy atom. The Balaban J connectivity index is 1.71. The van der Waals surface area contributed by atoms with Crippen molar-refractivity contribution in [1.29, 1.82) is 0 Å². The first-order chi connectivity index (χ1) is 12.5. The van der Waals surface area contributed by atoms with Gasteiger partial charge in [-0.2, -0.15) is 0 Å². The second kappa shape index (κ2) is 6.36. The van der Waals surface area contributed by atoms with E-state index in [1.165, 1.54) is 18.3 Å². The van der Waals surface area contributed by atoms with Gasteiger partial charge >= 0.3 is 0 Å². The number of fused-ring (bicyclic) bond motifs is 1. The van der Waals surface area contributed by atoms with Crippen LogP contribution in [-0.2, 0) is 0 Å². The average Bonchev–Trinajstić information content (AvgIpc) is 3.04. The minimum atomic E-state index is -0.446. The third-order valence-electron chi connectivity index (χ3n) is 4.70. The molecule has 0 radical (unpaired) electrons. The van der Waals surface area contributed by atoms with Crippen LogP contribution in [0.15, 0.2) is 29.2 Å². The Morgan fingerprint density at radius 1 is 1.31 bits per heavy atom. The normalized spacial score (nSPS) is 17.6. The van der Waals surface area contributed by atoms with Crippen LogP contribution in [0, 0.1) is 12.7 Å². The molecule has 1 aliphatic rings. The highest BCUT2D eigenvalue weighted by molar-refractivity contribution is 5.94. The number of amides is 1. The van der Waals surface area contributed by atoms with E-state index in [1.807, 2.05) is 0 Å². The number of nitrogens with one attached hydrogen (secondary N) is 2. The lowest BCUT2D eigenvalue weighted by Crippen LogP contribution is -2.41. The number of piperidine rings is 1. The number of H-pyrrole nitrogens is 2. The number of hydrogen-bond acceptors (Lipinski definition) is 4. The highest BCUT2D eigenvalue weighted by Crippen LogP contribution is 2.31. The zero-order valence-electron chi connectivity index (χ0n) is 14.3. The number of carbonyl (C=O) groups is 1. The number of nitrogens with zero attached hydrogens (tertiary/aromatic N) is 3. The van der Waals surface area contributed by atoms with Gasteiger partial charge in [-0.1, -0.05) is 0 Å². The Hall–Kier alpha value is -3.03. The van der Waals surface area contributed by atoms with Gasteiger partial charge in [-0.25, -0.2) is 14.4 Å². The van der Waals surface area contributed by atoms with E-state index >= 15 is 0 Å². The van der Waals surface area contributed by atoms with Crippen LogP contribution < -0.4 is 5.56 Å². The smallest absolute Gasteiger partial charge is 0.263 e. The number of rotatable bonds is 2. The fraction of sp³-hybridized carbons (Fsp3) is 0.333. The standard InChI is InChI=1S/C18H18FN5O2/c1-10-20-9-12(17(25)21-10)18(26)24-7-3-2-4-15(24)16-22-13-6-5-11(19)8-14(13)23-16/h5-6,8-9,15H,2-4,7H2,1H3,(H,22,23)(H,20,21,25)/t15-/m0/s1. The van der Waals surface area contributed by atoms with Crippen molar-refractivity contribution >= 4 is 16.9 Å². The van der Waals surface area contributed by atoms with Crippen molar-refractivity contribution in [3.05, 3.63) is 57.8 Å². The number of aromatic nitrogens is 4. The first-order valence-electron chi connectivity index (χ1n) is 8.55. The van der Waals surface area contributed by atoms with Gasteiger partial charge in [0.15, 0.2) is 0 Å². The van der Waals surface area contributed by atoms with Crippen molar-refractivity contribution < 1.29 is 9.18 Å². The maximum absolute atomic E-state index is 13.4. The average molecular weight is 355 g/mol. The minimum Gasteiger partial charge on any atom is -0.340 e. The molecular weight excluding hydrogens is 337 g/mol. The van der Waals surface area contributed by atoms with Gasteiger partial charge in [0.25, 0.3) is 11.5 Å². The van der Waals surface area contributed by atoms with E-state index in [1.54, 1.807) is 17.9 Å². The van der Waals surface area contributed by atoms with Gasteiger partial charge in [-0.3, -0.25) is 9.59 Å². The SMILES string of the molecule is Cc1ncc(C(=O)N2CCCC[C@H]2c2nc3ccc(F)cc3[nH]2)c(=O)[nH]1. The lowest BCUT2D eigenvalue weighted by atomic mass is 10.0. The Bertz CT molecular complexity index is 1040. The number of aryl methyl sites for hydroxylation is 1. The summed E-state index contributed by atoms with van der Waals surface area (Å²) in [4.78, 5) is 41.0. The van der Waals surface area contributed by atoms with Gasteiger partial charge < -0.3 is 14.9 Å². The quantitative estimate of drug-likeness (QED) is 0.738. The summed E-state index contributed by atoms with van der Waals surface area (Å²) in [5.74, 6) is 0.354. The lowest BCUT2D eigenvalue weighted by molar-refractivity contribution is 0.0599. The minimum absolute atomic E-state index is 0.0182. The summed E-state index contributed by atoms with van der Waals surface area (Å²) in [7, 11) is 0. The Kier molecular flexibility index (Phi) is 4.02. The molecule has 1 aromatic carbocycles. The van der Waals surface area contributed by atoms with E-state index in [0.29, 0.717) is 29.2 Å². The van der Waals surface area contributed by atoms with Gasteiger partial charge in [0.2, 0.25) is 0 Å². The van der Waals surface area contributed by atoms with Gasteiger partial charge in [0.1, 0.15) is 23.0 Å². The summed E-state index contributed by atoms with van der Waals surface area (Å²) in [6, 6.07) is 4.06. The molecule has 0 aliphatic carbocycles. The molecular formula is C18H18FN5O2. The largest absolute Gasteiger partial charge is 0.340 e. The van der Waals surface area contributed by atoms with E-state index in [-0.39, 0.29) is 23.3 Å². The van der Waals surface area contributed by atoms with Gasteiger partial charge in [0, 0.05) is 12.7 Å². The van der Waals surface area contributed by atoms with Crippen LogP contribution in [0.4, 0.5) is 4.39 Å². The molecule has 2 aromatic heterocycles. The zero-order valence-corrected chi connectivity index (χ0v) is 14.3. The van der Waals surface area contributed by atoms with Gasteiger partial charge in [0.05, 0.1) is 17.1 Å². The molecule has 3 aromatic rings. The molecule has 134 valence electrons. The number of carbonyl (C=O) groups excluding carboxylic acids is 1. The van der Waals surface area contributed by atoms with Crippen molar-refractivity contribution in [2.75, 3.05) is 6.54 Å².